The second-order valence-electron chi connectivity index (χ2n) is 6.18. The molecule has 1 fully saturated rings. The van der Waals surface area contributed by atoms with Gasteiger partial charge in [-0.2, -0.15) is 4.31 Å². The Labute approximate surface area is 150 Å². The zero-order valence-electron chi connectivity index (χ0n) is 14.9. The summed E-state index contributed by atoms with van der Waals surface area (Å²) in [6, 6.07) is 5.37. The van der Waals surface area contributed by atoms with Gasteiger partial charge in [0.2, 0.25) is 20.0 Å². The van der Waals surface area contributed by atoms with Crippen molar-refractivity contribution >= 4 is 20.0 Å². The molecule has 0 amide bonds. The van der Waals surface area contributed by atoms with Gasteiger partial charge >= 0.3 is 0 Å². The monoisotopic (exact) mass is 389 g/mol. The lowest BCUT2D eigenvalue weighted by Crippen LogP contribution is -2.51. The van der Waals surface area contributed by atoms with Crippen LogP contribution in [0.15, 0.2) is 34.1 Å². The van der Waals surface area contributed by atoms with Crippen molar-refractivity contribution in [2.75, 3.05) is 19.6 Å². The maximum absolute atomic E-state index is 12.7. The summed E-state index contributed by atoms with van der Waals surface area (Å²) in [6.07, 6.45) is 1.65. The molecule has 9 heteroatoms. The molecule has 0 aromatic heterocycles. The summed E-state index contributed by atoms with van der Waals surface area (Å²) in [6.45, 7) is 6.98. The third-order valence-corrected chi connectivity index (χ3v) is 8.06. The first kappa shape index (κ1) is 20.3. The zero-order valence-corrected chi connectivity index (χ0v) is 16.5. The van der Waals surface area contributed by atoms with Gasteiger partial charge in [-0.1, -0.05) is 19.9 Å². The summed E-state index contributed by atoms with van der Waals surface area (Å²) in [5.41, 5.74) is 0. The Morgan fingerprint density at radius 1 is 1.16 bits per heavy atom. The van der Waals surface area contributed by atoms with Crippen LogP contribution in [0.4, 0.5) is 0 Å². The van der Waals surface area contributed by atoms with E-state index in [1.54, 1.807) is 13.8 Å². The van der Waals surface area contributed by atoms with Gasteiger partial charge in [-0.25, -0.2) is 21.6 Å². The predicted molar refractivity (Wildman–Crippen MR) is 97.4 cm³/mol. The maximum Gasteiger partial charge on any atom is 0.243 e. The molecule has 2 atom stereocenters. The van der Waals surface area contributed by atoms with Crippen molar-refractivity contribution in [2.45, 2.75) is 55.5 Å². The Morgan fingerprint density at radius 2 is 1.80 bits per heavy atom. The fourth-order valence-electron chi connectivity index (χ4n) is 2.99. The molecule has 0 aliphatic carbocycles. The minimum atomic E-state index is -3.79. The summed E-state index contributed by atoms with van der Waals surface area (Å²) in [7, 11) is -7.49. The van der Waals surface area contributed by atoms with Crippen LogP contribution in [0.2, 0.25) is 0 Å². The molecule has 1 heterocycles. The van der Waals surface area contributed by atoms with Crippen LogP contribution >= 0.6 is 0 Å². The Morgan fingerprint density at radius 3 is 2.40 bits per heavy atom. The highest BCUT2D eigenvalue weighted by Crippen LogP contribution is 2.20. The Balaban J connectivity index is 2.31. The lowest BCUT2D eigenvalue weighted by Gasteiger charge is -2.30. The first-order valence-corrected chi connectivity index (χ1v) is 11.5. The van der Waals surface area contributed by atoms with Crippen molar-refractivity contribution < 1.29 is 16.8 Å². The highest BCUT2D eigenvalue weighted by Gasteiger charge is 2.28. The molecule has 1 saturated heterocycles. The Hall–Kier alpha value is -1.00. The normalized spacial score (nSPS) is 22.2. The Kier molecular flexibility index (Phi) is 6.61. The highest BCUT2D eigenvalue weighted by molar-refractivity contribution is 7.90. The van der Waals surface area contributed by atoms with E-state index in [9.17, 15) is 16.8 Å². The van der Waals surface area contributed by atoms with Gasteiger partial charge in [-0.05, 0) is 44.5 Å². The molecule has 7 nitrogen and oxygen atoms in total. The zero-order chi connectivity index (χ0) is 18.7. The van der Waals surface area contributed by atoms with E-state index in [0.717, 1.165) is 19.4 Å². The largest absolute Gasteiger partial charge is 0.313 e. The van der Waals surface area contributed by atoms with Crippen LogP contribution < -0.4 is 10.0 Å². The van der Waals surface area contributed by atoms with Crippen LogP contribution in [-0.4, -0.2) is 52.9 Å². The first-order valence-electron chi connectivity index (χ1n) is 8.58. The number of benzene rings is 1. The lowest BCUT2D eigenvalue weighted by atomic mass is 10.0. The molecule has 1 aliphatic rings. The van der Waals surface area contributed by atoms with Gasteiger partial charge in [0.1, 0.15) is 0 Å². The first-order chi connectivity index (χ1) is 11.7. The molecule has 0 bridgehead atoms. The van der Waals surface area contributed by atoms with Gasteiger partial charge in [-0.15, -0.1) is 0 Å². The minimum Gasteiger partial charge on any atom is -0.313 e. The molecule has 0 saturated carbocycles. The van der Waals surface area contributed by atoms with Gasteiger partial charge in [0.25, 0.3) is 0 Å². The molecule has 0 spiro atoms. The van der Waals surface area contributed by atoms with Crippen molar-refractivity contribution in [1.82, 2.24) is 14.3 Å². The number of piperidine rings is 1. The van der Waals surface area contributed by atoms with E-state index in [4.69, 9.17) is 0 Å². The molecule has 2 unspecified atom stereocenters. The SMILES string of the molecule is CCN(CC)S(=O)(=O)c1cccc(S(=O)(=O)NC2CCCNC2C)c1. The summed E-state index contributed by atoms with van der Waals surface area (Å²) in [4.78, 5) is -0.0348. The number of nitrogens with one attached hydrogen (secondary N) is 2. The summed E-state index contributed by atoms with van der Waals surface area (Å²) >= 11 is 0. The number of rotatable bonds is 7. The molecular weight excluding hydrogens is 362 g/mol. The third-order valence-electron chi connectivity index (χ3n) is 4.53. The average molecular weight is 390 g/mol. The molecule has 2 N–H and O–H groups in total. The quantitative estimate of drug-likeness (QED) is 0.729. The molecule has 1 aliphatic heterocycles. The van der Waals surface area contributed by atoms with Crippen molar-refractivity contribution in [1.29, 1.82) is 0 Å². The average Bonchev–Trinajstić information content (AvgIpc) is 2.58. The second kappa shape index (κ2) is 8.13. The third kappa shape index (κ3) is 4.59. The molecule has 0 radical (unpaired) electrons. The van der Waals surface area contributed by atoms with Crippen molar-refractivity contribution in [3.05, 3.63) is 24.3 Å². The fraction of sp³-hybridized carbons (Fsp3) is 0.625. The van der Waals surface area contributed by atoms with Crippen LogP contribution in [0.1, 0.15) is 33.6 Å². The molecule has 142 valence electrons. The van der Waals surface area contributed by atoms with E-state index >= 15 is 0 Å². The minimum absolute atomic E-state index is 0.00565. The molecule has 1 aromatic rings. The van der Waals surface area contributed by atoms with Crippen molar-refractivity contribution in [3.63, 3.8) is 0 Å². The molecule has 1 aromatic carbocycles. The van der Waals surface area contributed by atoms with Crippen LogP contribution in [0, 0.1) is 0 Å². The number of hydrogen-bond acceptors (Lipinski definition) is 5. The van der Waals surface area contributed by atoms with Gasteiger partial charge in [-0.3, -0.25) is 0 Å². The van der Waals surface area contributed by atoms with Gasteiger partial charge in [0, 0.05) is 25.2 Å². The highest BCUT2D eigenvalue weighted by atomic mass is 32.2. The number of sulfonamides is 2. The van der Waals surface area contributed by atoms with Crippen LogP contribution in [0.5, 0.6) is 0 Å². The Bertz CT molecular complexity index is 789. The predicted octanol–water partition coefficient (Wildman–Crippen LogP) is 1.14. The topological polar surface area (TPSA) is 95.6 Å². The lowest BCUT2D eigenvalue weighted by molar-refractivity contribution is 0.349. The summed E-state index contributed by atoms with van der Waals surface area (Å²) < 4.78 is 54.6. The van der Waals surface area contributed by atoms with E-state index in [1.807, 2.05) is 6.92 Å². The van der Waals surface area contributed by atoms with Crippen LogP contribution in [0.25, 0.3) is 0 Å². The van der Waals surface area contributed by atoms with Crippen molar-refractivity contribution in [3.8, 4) is 0 Å². The smallest absolute Gasteiger partial charge is 0.243 e. The summed E-state index contributed by atoms with van der Waals surface area (Å²) in [5, 5.41) is 3.24. The van der Waals surface area contributed by atoms with E-state index < -0.39 is 20.0 Å². The molecule has 2 rings (SSSR count). The second-order valence-corrected chi connectivity index (χ2v) is 9.83. The van der Waals surface area contributed by atoms with Gasteiger partial charge < -0.3 is 5.32 Å². The standard InChI is InChI=1S/C16H27N3O4S2/c1-4-19(5-2)25(22,23)15-9-6-8-14(12-15)24(20,21)18-16-10-7-11-17-13(16)3/h6,8-9,12-13,16-18H,4-5,7,10-11H2,1-3H3. The van der Waals surface area contributed by atoms with Gasteiger partial charge in [0.05, 0.1) is 9.79 Å². The summed E-state index contributed by atoms with van der Waals surface area (Å²) in [5.74, 6) is 0. The van der Waals surface area contributed by atoms with Gasteiger partial charge in [0.15, 0.2) is 0 Å². The van der Waals surface area contributed by atoms with Crippen LogP contribution in [0.3, 0.4) is 0 Å². The van der Waals surface area contributed by atoms with E-state index in [0.29, 0.717) is 13.1 Å². The van der Waals surface area contributed by atoms with E-state index in [2.05, 4.69) is 10.0 Å². The van der Waals surface area contributed by atoms with Crippen molar-refractivity contribution in [2.24, 2.45) is 0 Å². The number of hydrogen-bond donors (Lipinski definition) is 2. The molecule has 25 heavy (non-hydrogen) atoms. The fourth-order valence-corrected chi connectivity index (χ4v) is 5.96. The van der Waals surface area contributed by atoms with E-state index in [1.165, 1.54) is 28.6 Å². The molecular formula is C16H27N3O4S2. The maximum atomic E-state index is 12.7. The number of nitrogens with zero attached hydrogens (tertiary/aromatic N) is 1. The van der Waals surface area contributed by atoms with Crippen LogP contribution in [-0.2, 0) is 20.0 Å². The van der Waals surface area contributed by atoms with E-state index in [-0.39, 0.29) is 21.9 Å².